The molecule has 1 aliphatic carbocycles. The smallest absolute Gasteiger partial charge is 0.258 e. The van der Waals surface area contributed by atoms with Crippen molar-refractivity contribution in [2.75, 3.05) is 17.7 Å². The third-order valence-electron chi connectivity index (χ3n) is 5.26. The second-order valence-electron chi connectivity index (χ2n) is 7.45. The summed E-state index contributed by atoms with van der Waals surface area (Å²) in [6.45, 7) is 0. The lowest BCUT2D eigenvalue weighted by Crippen LogP contribution is -2.19. The average Bonchev–Trinajstić information content (AvgIpc) is 3.12. The summed E-state index contributed by atoms with van der Waals surface area (Å²) < 4.78 is 5.16. The van der Waals surface area contributed by atoms with Crippen molar-refractivity contribution in [3.63, 3.8) is 0 Å². The lowest BCUT2D eigenvalue weighted by atomic mass is 9.95. The van der Waals surface area contributed by atoms with Crippen molar-refractivity contribution in [2.45, 2.75) is 32.1 Å². The fraction of sp³-hybridized carbons (Fsp3) is 0.250. The largest absolute Gasteiger partial charge is 0.497 e. The first-order valence-corrected chi connectivity index (χ1v) is 11.4. The summed E-state index contributed by atoms with van der Waals surface area (Å²) in [5.41, 5.74) is 3.13. The van der Waals surface area contributed by atoms with Gasteiger partial charge in [-0.25, -0.2) is 0 Å². The number of fused-ring (bicyclic) bond motifs is 1. The number of anilines is 2. The van der Waals surface area contributed by atoms with E-state index in [2.05, 4.69) is 10.6 Å². The summed E-state index contributed by atoms with van der Waals surface area (Å²) in [4.78, 5) is 27.1. The summed E-state index contributed by atoms with van der Waals surface area (Å²) in [5.74, 6) is 0.372. The quantitative estimate of drug-likeness (QED) is 0.500. The maximum atomic E-state index is 13.2. The number of benzene rings is 2. The Balaban J connectivity index is 1.56. The molecular weight excluding hydrogens is 432 g/mol. The number of nitrogens with one attached hydrogen (secondary N) is 2. The number of halogens is 1. The van der Waals surface area contributed by atoms with Crippen molar-refractivity contribution in [1.29, 1.82) is 0 Å². The van der Waals surface area contributed by atoms with Gasteiger partial charge in [0.2, 0.25) is 5.91 Å². The van der Waals surface area contributed by atoms with Crippen molar-refractivity contribution in [1.82, 2.24) is 0 Å². The minimum absolute atomic E-state index is 0.152. The molecule has 31 heavy (non-hydrogen) atoms. The van der Waals surface area contributed by atoms with Crippen LogP contribution in [0.2, 0.25) is 5.02 Å². The maximum Gasteiger partial charge on any atom is 0.258 e. The second-order valence-corrected chi connectivity index (χ2v) is 8.99. The van der Waals surface area contributed by atoms with Crippen LogP contribution in [0.5, 0.6) is 5.75 Å². The zero-order valence-electron chi connectivity index (χ0n) is 17.2. The number of methoxy groups -OCH3 is 1. The molecule has 1 aromatic heterocycles. The minimum atomic E-state index is -0.221. The van der Waals surface area contributed by atoms with Crippen LogP contribution in [0.4, 0.5) is 10.7 Å². The molecule has 7 heteroatoms. The predicted octanol–water partition coefficient (Wildman–Crippen LogP) is 5.72. The van der Waals surface area contributed by atoms with Gasteiger partial charge in [0, 0.05) is 15.6 Å². The van der Waals surface area contributed by atoms with E-state index in [4.69, 9.17) is 16.3 Å². The molecule has 3 aromatic rings. The Labute approximate surface area is 190 Å². The molecule has 160 valence electrons. The number of amides is 2. The molecule has 0 radical (unpaired) electrons. The number of hydrogen-bond donors (Lipinski definition) is 2. The molecule has 0 saturated heterocycles. The summed E-state index contributed by atoms with van der Waals surface area (Å²) >= 11 is 7.56. The van der Waals surface area contributed by atoms with Crippen molar-refractivity contribution in [3.8, 4) is 5.75 Å². The first-order chi connectivity index (χ1) is 15.0. The minimum Gasteiger partial charge on any atom is -0.497 e. The zero-order valence-corrected chi connectivity index (χ0v) is 18.7. The third-order valence-corrected chi connectivity index (χ3v) is 6.70. The Hall–Kier alpha value is -2.83. The van der Waals surface area contributed by atoms with Gasteiger partial charge in [0.1, 0.15) is 10.8 Å². The van der Waals surface area contributed by atoms with Gasteiger partial charge in [0.05, 0.1) is 19.1 Å². The molecule has 1 heterocycles. The van der Waals surface area contributed by atoms with Crippen LogP contribution < -0.4 is 15.4 Å². The van der Waals surface area contributed by atoms with Gasteiger partial charge >= 0.3 is 0 Å². The van der Waals surface area contributed by atoms with E-state index in [1.54, 1.807) is 31.4 Å². The van der Waals surface area contributed by atoms with Crippen LogP contribution in [-0.4, -0.2) is 18.9 Å². The lowest BCUT2D eigenvalue weighted by Gasteiger charge is -2.13. The fourth-order valence-corrected chi connectivity index (χ4v) is 5.25. The van der Waals surface area contributed by atoms with E-state index >= 15 is 0 Å². The Morgan fingerprint density at radius 3 is 2.58 bits per heavy atom. The number of hydrogen-bond acceptors (Lipinski definition) is 4. The summed E-state index contributed by atoms with van der Waals surface area (Å²) in [6.07, 6.45) is 4.15. The molecule has 0 unspecified atom stereocenters. The number of rotatable bonds is 6. The van der Waals surface area contributed by atoms with E-state index in [9.17, 15) is 9.59 Å². The van der Waals surface area contributed by atoms with Crippen LogP contribution in [0.1, 0.15) is 39.2 Å². The van der Waals surface area contributed by atoms with Gasteiger partial charge in [0.15, 0.2) is 0 Å². The third kappa shape index (κ3) is 5.09. The standard InChI is InChI=1S/C24H23ClN2O3S/c1-30-18-11-9-15(10-12-18)13-21(28)27-24-22(19-7-2-3-8-20(19)31-24)23(29)26-17-6-4-5-16(25)14-17/h4-6,9-12,14H,2-3,7-8,13H2,1H3,(H,26,29)(H,27,28). The monoisotopic (exact) mass is 454 g/mol. The lowest BCUT2D eigenvalue weighted by molar-refractivity contribution is -0.115. The highest BCUT2D eigenvalue weighted by Crippen LogP contribution is 2.38. The van der Waals surface area contributed by atoms with Crippen molar-refractivity contribution >= 4 is 45.4 Å². The topological polar surface area (TPSA) is 67.4 Å². The molecule has 0 spiro atoms. The van der Waals surface area contributed by atoms with E-state index < -0.39 is 0 Å². The van der Waals surface area contributed by atoms with Crippen LogP contribution in [0.15, 0.2) is 48.5 Å². The highest BCUT2D eigenvalue weighted by molar-refractivity contribution is 7.17. The molecule has 0 fully saturated rings. The highest BCUT2D eigenvalue weighted by Gasteiger charge is 2.26. The van der Waals surface area contributed by atoms with Crippen LogP contribution in [0, 0.1) is 0 Å². The first kappa shape index (κ1) is 21.4. The molecule has 0 atom stereocenters. The Bertz CT molecular complexity index is 1110. The van der Waals surface area contributed by atoms with Crippen molar-refractivity contribution in [2.24, 2.45) is 0 Å². The van der Waals surface area contributed by atoms with Gasteiger partial charge in [-0.15, -0.1) is 11.3 Å². The average molecular weight is 455 g/mol. The number of carbonyl (C=O) groups is 2. The van der Waals surface area contributed by atoms with Crippen LogP contribution >= 0.6 is 22.9 Å². The summed E-state index contributed by atoms with van der Waals surface area (Å²) in [5, 5.41) is 7.08. The van der Waals surface area contributed by atoms with E-state index in [1.807, 2.05) is 24.3 Å². The normalized spacial score (nSPS) is 12.7. The van der Waals surface area contributed by atoms with E-state index in [1.165, 1.54) is 16.2 Å². The van der Waals surface area contributed by atoms with E-state index in [-0.39, 0.29) is 18.2 Å². The second kappa shape index (κ2) is 9.54. The van der Waals surface area contributed by atoms with Crippen LogP contribution in [0.25, 0.3) is 0 Å². The Morgan fingerprint density at radius 2 is 1.84 bits per heavy atom. The molecule has 4 rings (SSSR count). The molecule has 2 N–H and O–H groups in total. The first-order valence-electron chi connectivity index (χ1n) is 10.2. The summed E-state index contributed by atoms with van der Waals surface area (Å²) in [6, 6.07) is 14.4. The number of ether oxygens (including phenoxy) is 1. The fourth-order valence-electron chi connectivity index (χ4n) is 3.75. The van der Waals surface area contributed by atoms with Crippen LogP contribution in [-0.2, 0) is 24.1 Å². The predicted molar refractivity (Wildman–Crippen MR) is 126 cm³/mol. The molecule has 0 bridgehead atoms. The van der Waals surface area contributed by atoms with Gasteiger partial charge in [-0.2, -0.15) is 0 Å². The molecule has 1 aliphatic rings. The van der Waals surface area contributed by atoms with Crippen LogP contribution in [0.3, 0.4) is 0 Å². The van der Waals surface area contributed by atoms with E-state index in [0.29, 0.717) is 21.3 Å². The molecule has 5 nitrogen and oxygen atoms in total. The number of carbonyl (C=O) groups excluding carboxylic acids is 2. The van der Waals surface area contributed by atoms with Crippen molar-refractivity contribution < 1.29 is 14.3 Å². The van der Waals surface area contributed by atoms with Gasteiger partial charge in [-0.1, -0.05) is 29.8 Å². The van der Waals surface area contributed by atoms with Gasteiger partial charge < -0.3 is 15.4 Å². The molecule has 0 saturated carbocycles. The Kier molecular flexibility index (Phi) is 6.59. The SMILES string of the molecule is COc1ccc(CC(=O)Nc2sc3c(c2C(=O)Nc2cccc(Cl)c2)CCCC3)cc1. The molecule has 2 amide bonds. The van der Waals surface area contributed by atoms with Gasteiger partial charge in [-0.05, 0) is 67.1 Å². The maximum absolute atomic E-state index is 13.2. The van der Waals surface area contributed by atoms with E-state index in [0.717, 1.165) is 42.6 Å². The molecular formula is C24H23ClN2O3S. The highest BCUT2D eigenvalue weighted by atomic mass is 35.5. The van der Waals surface area contributed by atoms with Gasteiger partial charge in [0.25, 0.3) is 5.91 Å². The Morgan fingerprint density at radius 1 is 1.06 bits per heavy atom. The molecule has 2 aromatic carbocycles. The number of aryl methyl sites for hydroxylation is 1. The summed E-state index contributed by atoms with van der Waals surface area (Å²) in [7, 11) is 1.61. The molecule has 0 aliphatic heterocycles. The number of thiophene rings is 1. The van der Waals surface area contributed by atoms with Gasteiger partial charge in [-0.3, -0.25) is 9.59 Å². The zero-order chi connectivity index (χ0) is 21.8. The van der Waals surface area contributed by atoms with Crippen molar-refractivity contribution in [3.05, 3.63) is 75.1 Å².